The molecule has 0 bridgehead atoms. The zero-order valence-corrected chi connectivity index (χ0v) is 9.74. The van der Waals surface area contributed by atoms with Crippen LogP contribution in [0, 0.1) is 5.92 Å². The third-order valence-corrected chi connectivity index (χ3v) is 3.18. The van der Waals surface area contributed by atoms with E-state index < -0.39 is 19.1 Å². The fourth-order valence-corrected chi connectivity index (χ4v) is 2.09. The summed E-state index contributed by atoms with van der Waals surface area (Å²) >= 11 is 0. The van der Waals surface area contributed by atoms with Crippen LogP contribution in [0.5, 0.6) is 0 Å². The molecule has 1 aliphatic rings. The van der Waals surface area contributed by atoms with Crippen LogP contribution in [-0.2, 0) is 4.79 Å². The van der Waals surface area contributed by atoms with Gasteiger partial charge in [-0.2, -0.15) is 0 Å². The van der Waals surface area contributed by atoms with E-state index in [-0.39, 0.29) is 17.9 Å². The second-order valence-electron chi connectivity index (χ2n) is 4.56. The molecule has 4 N–H and O–H groups in total. The summed E-state index contributed by atoms with van der Waals surface area (Å²) in [6, 6.07) is -0.207. The van der Waals surface area contributed by atoms with Gasteiger partial charge in [0, 0.05) is 12.6 Å². The van der Waals surface area contributed by atoms with Crippen LogP contribution < -0.4 is 11.1 Å². The van der Waals surface area contributed by atoms with Crippen molar-refractivity contribution in [1.82, 2.24) is 5.32 Å². The topological polar surface area (TPSA) is 75.4 Å². The summed E-state index contributed by atoms with van der Waals surface area (Å²) in [5.74, 6) is -0.638. The first-order valence-electron chi connectivity index (χ1n) is 6.02. The largest absolute Gasteiger partial charge is 0.385 e. The number of nitrogens with one attached hydrogen (secondary N) is 1. The van der Waals surface area contributed by atoms with E-state index in [0.717, 1.165) is 25.7 Å². The quantitative estimate of drug-likeness (QED) is 0.641. The molecule has 0 aromatic rings. The minimum atomic E-state index is -2.84. The van der Waals surface area contributed by atoms with Gasteiger partial charge in [0.25, 0.3) is 6.43 Å². The van der Waals surface area contributed by atoms with Crippen molar-refractivity contribution in [2.45, 2.75) is 50.7 Å². The minimum absolute atomic E-state index is 0.207. The molecule has 1 aliphatic carbocycles. The fourth-order valence-electron chi connectivity index (χ4n) is 2.09. The average molecular weight is 250 g/mol. The molecule has 1 saturated carbocycles. The Balaban J connectivity index is 2.40. The zero-order chi connectivity index (χ0) is 12.8. The molecule has 4 nitrogen and oxygen atoms in total. The van der Waals surface area contributed by atoms with Gasteiger partial charge in [0.1, 0.15) is 6.10 Å². The van der Waals surface area contributed by atoms with E-state index in [4.69, 9.17) is 10.8 Å². The summed E-state index contributed by atoms with van der Waals surface area (Å²) in [6.45, 7) is -0.417. The van der Waals surface area contributed by atoms with Gasteiger partial charge in [0.2, 0.25) is 5.91 Å². The van der Waals surface area contributed by atoms with Crippen LogP contribution in [0.25, 0.3) is 0 Å². The summed E-state index contributed by atoms with van der Waals surface area (Å²) in [5, 5.41) is 11.2. The van der Waals surface area contributed by atoms with Crippen LogP contribution in [0.15, 0.2) is 0 Å². The van der Waals surface area contributed by atoms with E-state index in [1.54, 1.807) is 0 Å². The number of hydrogen-bond acceptors (Lipinski definition) is 3. The van der Waals surface area contributed by atoms with E-state index in [2.05, 4.69) is 5.32 Å². The summed E-state index contributed by atoms with van der Waals surface area (Å²) in [6.07, 6.45) is -0.169. The standard InChI is InChI=1S/C11H20F2N2O2/c12-10(13)9(16)6-15-11(17)7-4-2-1-3-5-8(7)14/h7-10,16H,1-6,14H2,(H,15,17). The van der Waals surface area contributed by atoms with E-state index in [1.807, 2.05) is 0 Å². The van der Waals surface area contributed by atoms with Crippen LogP contribution >= 0.6 is 0 Å². The van der Waals surface area contributed by atoms with Crippen molar-refractivity contribution in [3.8, 4) is 0 Å². The van der Waals surface area contributed by atoms with Gasteiger partial charge in [0.05, 0.1) is 5.92 Å². The molecule has 6 heteroatoms. The normalized spacial score (nSPS) is 27.6. The predicted molar refractivity (Wildman–Crippen MR) is 59.6 cm³/mol. The van der Waals surface area contributed by atoms with Gasteiger partial charge in [-0.3, -0.25) is 4.79 Å². The Morgan fingerprint density at radius 1 is 1.35 bits per heavy atom. The molecule has 1 rings (SSSR count). The number of carbonyl (C=O) groups excluding carboxylic acids is 1. The molecule has 0 aromatic carbocycles. The lowest BCUT2D eigenvalue weighted by Gasteiger charge is -2.21. The second-order valence-corrected chi connectivity index (χ2v) is 4.56. The zero-order valence-electron chi connectivity index (χ0n) is 9.74. The molecule has 100 valence electrons. The first kappa shape index (κ1) is 14.3. The van der Waals surface area contributed by atoms with Crippen molar-refractivity contribution >= 4 is 5.91 Å². The Bertz CT molecular complexity index is 252. The summed E-state index contributed by atoms with van der Waals surface area (Å²) in [5.41, 5.74) is 5.87. The Kier molecular flexibility index (Phi) is 5.77. The van der Waals surface area contributed by atoms with Gasteiger partial charge >= 0.3 is 0 Å². The highest BCUT2D eigenvalue weighted by molar-refractivity contribution is 5.79. The SMILES string of the molecule is NC1CCCCCC1C(=O)NCC(O)C(F)F. The number of rotatable bonds is 4. The van der Waals surface area contributed by atoms with Gasteiger partial charge in [-0.05, 0) is 12.8 Å². The lowest BCUT2D eigenvalue weighted by atomic mass is 9.94. The van der Waals surface area contributed by atoms with E-state index in [1.165, 1.54) is 0 Å². The van der Waals surface area contributed by atoms with Gasteiger partial charge in [-0.1, -0.05) is 19.3 Å². The monoisotopic (exact) mass is 250 g/mol. The van der Waals surface area contributed by atoms with Crippen LogP contribution in [0.1, 0.15) is 32.1 Å². The van der Waals surface area contributed by atoms with E-state index >= 15 is 0 Å². The highest BCUT2D eigenvalue weighted by atomic mass is 19.3. The number of halogens is 2. The van der Waals surface area contributed by atoms with Gasteiger partial charge in [0.15, 0.2) is 0 Å². The lowest BCUT2D eigenvalue weighted by Crippen LogP contribution is -2.44. The maximum Gasteiger partial charge on any atom is 0.265 e. The molecular formula is C11H20F2N2O2. The summed E-state index contributed by atoms with van der Waals surface area (Å²) < 4.78 is 24.1. The van der Waals surface area contributed by atoms with Crippen LogP contribution in [0.2, 0.25) is 0 Å². The third-order valence-electron chi connectivity index (χ3n) is 3.18. The Morgan fingerprint density at radius 2 is 2.00 bits per heavy atom. The molecule has 3 unspecified atom stereocenters. The molecule has 0 radical (unpaired) electrons. The van der Waals surface area contributed by atoms with Crippen LogP contribution in [0.3, 0.4) is 0 Å². The molecule has 17 heavy (non-hydrogen) atoms. The Labute approximate surface area is 99.6 Å². The summed E-state index contributed by atoms with van der Waals surface area (Å²) in [4.78, 5) is 11.7. The molecule has 0 aromatic heterocycles. The fraction of sp³-hybridized carbons (Fsp3) is 0.909. The Morgan fingerprint density at radius 3 is 2.65 bits per heavy atom. The van der Waals surface area contributed by atoms with Crippen molar-refractivity contribution in [2.24, 2.45) is 11.7 Å². The molecule has 0 saturated heterocycles. The molecule has 0 aliphatic heterocycles. The van der Waals surface area contributed by atoms with Crippen LogP contribution in [0.4, 0.5) is 8.78 Å². The van der Waals surface area contributed by atoms with Crippen LogP contribution in [-0.4, -0.2) is 36.1 Å². The van der Waals surface area contributed by atoms with Crippen molar-refractivity contribution in [2.75, 3.05) is 6.54 Å². The highest BCUT2D eigenvalue weighted by Crippen LogP contribution is 2.22. The lowest BCUT2D eigenvalue weighted by molar-refractivity contribution is -0.126. The second kappa shape index (κ2) is 6.86. The molecular weight excluding hydrogens is 230 g/mol. The summed E-state index contributed by atoms with van der Waals surface area (Å²) in [7, 11) is 0. The smallest absolute Gasteiger partial charge is 0.265 e. The van der Waals surface area contributed by atoms with E-state index in [9.17, 15) is 13.6 Å². The molecule has 3 atom stereocenters. The maximum absolute atomic E-state index is 12.0. The van der Waals surface area contributed by atoms with Crippen molar-refractivity contribution in [1.29, 1.82) is 0 Å². The third kappa shape index (κ3) is 4.55. The molecule has 1 fully saturated rings. The van der Waals surface area contributed by atoms with Crippen molar-refractivity contribution in [3.05, 3.63) is 0 Å². The van der Waals surface area contributed by atoms with Gasteiger partial charge in [-0.25, -0.2) is 8.78 Å². The number of hydrogen-bond donors (Lipinski definition) is 3. The first-order valence-corrected chi connectivity index (χ1v) is 6.02. The number of amides is 1. The molecule has 0 spiro atoms. The molecule has 1 amide bonds. The molecule has 0 heterocycles. The average Bonchev–Trinajstić information content (AvgIpc) is 2.50. The maximum atomic E-state index is 12.0. The number of carbonyl (C=O) groups is 1. The highest BCUT2D eigenvalue weighted by Gasteiger charge is 2.27. The Hall–Kier alpha value is -0.750. The number of aliphatic hydroxyl groups is 1. The number of aliphatic hydroxyl groups excluding tert-OH is 1. The van der Waals surface area contributed by atoms with E-state index in [0.29, 0.717) is 6.42 Å². The first-order chi connectivity index (χ1) is 8.02. The van der Waals surface area contributed by atoms with Crippen molar-refractivity contribution in [3.63, 3.8) is 0 Å². The predicted octanol–water partition coefficient (Wildman–Crippen LogP) is 0.636. The van der Waals surface area contributed by atoms with Gasteiger partial charge < -0.3 is 16.2 Å². The number of alkyl halides is 2. The number of nitrogens with two attached hydrogens (primary N) is 1. The minimum Gasteiger partial charge on any atom is -0.385 e. The van der Waals surface area contributed by atoms with Crippen molar-refractivity contribution < 1.29 is 18.7 Å². The van der Waals surface area contributed by atoms with Gasteiger partial charge in [-0.15, -0.1) is 0 Å².